The van der Waals surface area contributed by atoms with Crippen LogP contribution >= 0.6 is 0 Å². The summed E-state index contributed by atoms with van der Waals surface area (Å²) >= 11 is 0. The summed E-state index contributed by atoms with van der Waals surface area (Å²) in [4.78, 5) is 2.13. The Morgan fingerprint density at radius 1 is 1.38 bits per heavy atom. The van der Waals surface area contributed by atoms with Gasteiger partial charge >= 0.3 is 0 Å². The molecule has 0 heterocycles. The molecule has 0 spiro atoms. The minimum absolute atomic E-state index is 0.273. The van der Waals surface area contributed by atoms with Crippen LogP contribution in [0.3, 0.4) is 0 Å². The van der Waals surface area contributed by atoms with Gasteiger partial charge in [-0.15, -0.1) is 0 Å². The van der Waals surface area contributed by atoms with E-state index in [1.54, 1.807) is 0 Å². The molecule has 16 heavy (non-hydrogen) atoms. The van der Waals surface area contributed by atoms with Gasteiger partial charge in [0.1, 0.15) is 5.75 Å². The first kappa shape index (κ1) is 13.0. The van der Waals surface area contributed by atoms with Crippen molar-refractivity contribution in [2.24, 2.45) is 5.73 Å². The van der Waals surface area contributed by atoms with E-state index in [0.29, 0.717) is 13.2 Å². The van der Waals surface area contributed by atoms with Crippen molar-refractivity contribution in [1.29, 1.82) is 0 Å². The molecule has 0 aliphatic heterocycles. The van der Waals surface area contributed by atoms with Gasteiger partial charge in [0.05, 0.1) is 6.61 Å². The van der Waals surface area contributed by atoms with Gasteiger partial charge in [-0.25, -0.2) is 0 Å². The highest BCUT2D eigenvalue weighted by molar-refractivity contribution is 5.37. The largest absolute Gasteiger partial charge is 0.494 e. The molecule has 0 saturated carbocycles. The van der Waals surface area contributed by atoms with Gasteiger partial charge in [0.2, 0.25) is 0 Å². The highest BCUT2D eigenvalue weighted by atomic mass is 16.5. The molecule has 1 aromatic rings. The van der Waals surface area contributed by atoms with E-state index in [1.165, 1.54) is 11.1 Å². The summed E-state index contributed by atoms with van der Waals surface area (Å²) in [6, 6.07) is 6.55. The third-order valence-corrected chi connectivity index (χ3v) is 2.73. The zero-order valence-corrected chi connectivity index (χ0v) is 10.7. The maximum atomic E-state index is 5.78. The first-order valence-electron chi connectivity index (χ1n) is 5.70. The van der Waals surface area contributed by atoms with Crippen LogP contribution in [0, 0.1) is 6.92 Å². The Hall–Kier alpha value is -1.06. The van der Waals surface area contributed by atoms with E-state index in [-0.39, 0.29) is 6.04 Å². The van der Waals surface area contributed by atoms with Crippen molar-refractivity contribution >= 4 is 0 Å². The zero-order valence-electron chi connectivity index (χ0n) is 10.7. The summed E-state index contributed by atoms with van der Waals surface area (Å²) in [7, 11) is 4.09. The SMILES string of the molecule is CCOc1ccc(C(CN)N(C)C)cc1C. The molecular weight excluding hydrogens is 200 g/mol. The minimum atomic E-state index is 0.273. The van der Waals surface area contributed by atoms with Gasteiger partial charge in [-0.3, -0.25) is 0 Å². The lowest BCUT2D eigenvalue weighted by Crippen LogP contribution is -2.27. The second kappa shape index (κ2) is 5.87. The standard InChI is InChI=1S/C13H22N2O/c1-5-16-13-7-6-11(8-10(13)2)12(9-14)15(3)4/h6-8,12H,5,9,14H2,1-4H3. The monoisotopic (exact) mass is 222 g/mol. The number of nitrogens with two attached hydrogens (primary N) is 1. The molecule has 1 atom stereocenters. The minimum Gasteiger partial charge on any atom is -0.494 e. The predicted molar refractivity (Wildman–Crippen MR) is 67.8 cm³/mol. The van der Waals surface area contributed by atoms with Crippen molar-refractivity contribution in [3.05, 3.63) is 29.3 Å². The molecule has 2 N–H and O–H groups in total. The van der Waals surface area contributed by atoms with Crippen LogP contribution in [-0.4, -0.2) is 32.1 Å². The maximum absolute atomic E-state index is 5.78. The molecule has 0 fully saturated rings. The number of ether oxygens (including phenoxy) is 1. The van der Waals surface area contributed by atoms with Gasteiger partial charge in [0.25, 0.3) is 0 Å². The molecular formula is C13H22N2O. The van der Waals surface area contributed by atoms with Crippen molar-refractivity contribution < 1.29 is 4.74 Å². The fourth-order valence-electron chi connectivity index (χ4n) is 1.84. The normalized spacial score (nSPS) is 12.9. The Kier molecular flexibility index (Phi) is 4.77. The lowest BCUT2D eigenvalue weighted by Gasteiger charge is -2.23. The third-order valence-electron chi connectivity index (χ3n) is 2.73. The molecule has 0 saturated heterocycles. The summed E-state index contributed by atoms with van der Waals surface area (Å²) in [5, 5.41) is 0. The Labute approximate surface area is 98.2 Å². The van der Waals surface area contributed by atoms with Gasteiger partial charge in [-0.2, -0.15) is 0 Å². The topological polar surface area (TPSA) is 38.5 Å². The summed E-state index contributed by atoms with van der Waals surface area (Å²) < 4.78 is 5.52. The molecule has 1 rings (SSSR count). The molecule has 1 aromatic carbocycles. The van der Waals surface area contributed by atoms with Gasteiger partial charge < -0.3 is 15.4 Å². The fourth-order valence-corrected chi connectivity index (χ4v) is 1.84. The van der Waals surface area contributed by atoms with Crippen LogP contribution in [0.4, 0.5) is 0 Å². The number of hydrogen-bond donors (Lipinski definition) is 1. The van der Waals surface area contributed by atoms with Gasteiger partial charge in [0.15, 0.2) is 0 Å². The van der Waals surface area contributed by atoms with Crippen LogP contribution in [0.2, 0.25) is 0 Å². The van der Waals surface area contributed by atoms with Crippen molar-refractivity contribution in [2.45, 2.75) is 19.9 Å². The lowest BCUT2D eigenvalue weighted by molar-refractivity contribution is 0.304. The average molecular weight is 222 g/mol. The highest BCUT2D eigenvalue weighted by Crippen LogP contribution is 2.24. The number of nitrogens with zero attached hydrogens (tertiary/aromatic N) is 1. The predicted octanol–water partition coefficient (Wildman–Crippen LogP) is 1.96. The van der Waals surface area contributed by atoms with E-state index in [9.17, 15) is 0 Å². The Morgan fingerprint density at radius 3 is 2.50 bits per heavy atom. The van der Waals surface area contributed by atoms with Crippen molar-refractivity contribution in [3.63, 3.8) is 0 Å². The zero-order chi connectivity index (χ0) is 12.1. The van der Waals surface area contributed by atoms with Crippen LogP contribution in [-0.2, 0) is 0 Å². The summed E-state index contributed by atoms with van der Waals surface area (Å²) in [6.07, 6.45) is 0. The van der Waals surface area contributed by atoms with Gasteiger partial charge in [0, 0.05) is 12.6 Å². The molecule has 0 aliphatic rings. The van der Waals surface area contributed by atoms with E-state index in [4.69, 9.17) is 10.5 Å². The Morgan fingerprint density at radius 2 is 2.06 bits per heavy atom. The van der Waals surface area contributed by atoms with E-state index < -0.39 is 0 Å². The first-order chi connectivity index (χ1) is 7.60. The van der Waals surface area contributed by atoms with Crippen LogP contribution in [0.15, 0.2) is 18.2 Å². The van der Waals surface area contributed by atoms with E-state index in [1.807, 2.05) is 27.1 Å². The number of rotatable bonds is 5. The quantitative estimate of drug-likeness (QED) is 0.827. The fraction of sp³-hybridized carbons (Fsp3) is 0.538. The van der Waals surface area contributed by atoms with Crippen LogP contribution in [0.1, 0.15) is 24.1 Å². The Bertz CT molecular complexity index is 337. The molecule has 90 valence electrons. The van der Waals surface area contributed by atoms with Crippen LogP contribution in [0.5, 0.6) is 5.75 Å². The first-order valence-corrected chi connectivity index (χ1v) is 5.70. The van der Waals surface area contributed by atoms with Gasteiger partial charge in [-0.05, 0) is 45.1 Å². The number of aryl methyl sites for hydroxylation is 1. The lowest BCUT2D eigenvalue weighted by atomic mass is 10.0. The van der Waals surface area contributed by atoms with Crippen molar-refractivity contribution in [1.82, 2.24) is 4.90 Å². The molecule has 0 radical (unpaired) electrons. The second-order valence-corrected chi connectivity index (χ2v) is 4.17. The van der Waals surface area contributed by atoms with E-state index >= 15 is 0 Å². The summed E-state index contributed by atoms with van der Waals surface area (Å²) in [6.45, 7) is 5.39. The number of likely N-dealkylation sites (N-methyl/N-ethyl adjacent to an activating group) is 1. The number of hydrogen-bond acceptors (Lipinski definition) is 3. The molecule has 0 amide bonds. The van der Waals surface area contributed by atoms with E-state index in [0.717, 1.165) is 5.75 Å². The second-order valence-electron chi connectivity index (χ2n) is 4.17. The smallest absolute Gasteiger partial charge is 0.122 e. The van der Waals surface area contributed by atoms with Crippen LogP contribution < -0.4 is 10.5 Å². The van der Waals surface area contributed by atoms with E-state index in [2.05, 4.69) is 24.0 Å². The van der Waals surface area contributed by atoms with Crippen molar-refractivity contribution in [2.75, 3.05) is 27.2 Å². The molecule has 0 aliphatic carbocycles. The molecule has 1 unspecified atom stereocenters. The number of benzene rings is 1. The third kappa shape index (κ3) is 2.97. The molecule has 0 bridgehead atoms. The molecule has 3 heteroatoms. The average Bonchev–Trinajstić information content (AvgIpc) is 2.22. The summed E-state index contributed by atoms with van der Waals surface area (Å²) in [5.74, 6) is 0.959. The van der Waals surface area contributed by atoms with Crippen LogP contribution in [0.25, 0.3) is 0 Å². The summed E-state index contributed by atoms with van der Waals surface area (Å²) in [5.41, 5.74) is 8.19. The van der Waals surface area contributed by atoms with Gasteiger partial charge in [-0.1, -0.05) is 12.1 Å². The maximum Gasteiger partial charge on any atom is 0.122 e. The molecule has 0 aromatic heterocycles. The van der Waals surface area contributed by atoms with Crippen molar-refractivity contribution in [3.8, 4) is 5.75 Å². The molecule has 3 nitrogen and oxygen atoms in total. The Balaban J connectivity index is 2.95. The highest BCUT2D eigenvalue weighted by Gasteiger charge is 2.13.